The summed E-state index contributed by atoms with van der Waals surface area (Å²) in [5.74, 6) is 0.0788. The second-order valence-corrected chi connectivity index (χ2v) is 6.93. The molecule has 0 bridgehead atoms. The fourth-order valence-corrected chi connectivity index (χ4v) is 3.13. The van der Waals surface area contributed by atoms with Crippen molar-refractivity contribution in [3.8, 4) is 0 Å². The number of thioether (sulfide) groups is 1. The van der Waals surface area contributed by atoms with Gasteiger partial charge in [0.1, 0.15) is 0 Å². The standard InChI is InChI=1S/C14H11BrCl2N2OS/c15-8-1-3-10(4-2-8)21-7-13(20)19-14-11(16)5-9(18)6-12(14)17/h1-6H,7,18H2,(H,19,20). The highest BCUT2D eigenvalue weighted by Crippen LogP contribution is 2.33. The van der Waals surface area contributed by atoms with Crippen LogP contribution in [-0.4, -0.2) is 11.7 Å². The summed E-state index contributed by atoms with van der Waals surface area (Å²) in [5, 5.41) is 3.34. The van der Waals surface area contributed by atoms with Gasteiger partial charge in [0.25, 0.3) is 0 Å². The van der Waals surface area contributed by atoms with E-state index in [4.69, 9.17) is 28.9 Å². The quantitative estimate of drug-likeness (QED) is 0.551. The largest absolute Gasteiger partial charge is 0.399 e. The molecule has 0 atom stereocenters. The molecule has 110 valence electrons. The number of carbonyl (C=O) groups excluding carboxylic acids is 1. The Hall–Kier alpha value is -0.880. The van der Waals surface area contributed by atoms with Crippen molar-refractivity contribution in [2.75, 3.05) is 16.8 Å². The molecule has 7 heteroatoms. The van der Waals surface area contributed by atoms with Gasteiger partial charge in [0.2, 0.25) is 5.91 Å². The number of nitrogens with one attached hydrogen (secondary N) is 1. The lowest BCUT2D eigenvalue weighted by atomic mass is 10.3. The summed E-state index contributed by atoms with van der Waals surface area (Å²) in [6, 6.07) is 10.8. The maximum atomic E-state index is 12.0. The smallest absolute Gasteiger partial charge is 0.234 e. The molecule has 2 aromatic rings. The van der Waals surface area contributed by atoms with Crippen molar-refractivity contribution in [2.24, 2.45) is 0 Å². The normalized spacial score (nSPS) is 10.4. The minimum atomic E-state index is -0.184. The molecule has 0 radical (unpaired) electrons. The fourth-order valence-electron chi connectivity index (χ4n) is 1.57. The molecule has 0 saturated carbocycles. The van der Waals surface area contributed by atoms with Crippen LogP contribution in [0.3, 0.4) is 0 Å². The number of rotatable bonds is 4. The molecule has 0 aliphatic carbocycles. The molecule has 0 aromatic heterocycles. The summed E-state index contributed by atoms with van der Waals surface area (Å²) in [6.45, 7) is 0. The molecule has 2 aromatic carbocycles. The number of hydrogen-bond acceptors (Lipinski definition) is 3. The van der Waals surface area contributed by atoms with Gasteiger partial charge in [0, 0.05) is 15.1 Å². The zero-order valence-electron chi connectivity index (χ0n) is 10.7. The van der Waals surface area contributed by atoms with E-state index in [0.29, 0.717) is 21.4 Å². The molecule has 0 unspecified atom stereocenters. The van der Waals surface area contributed by atoms with Crippen molar-refractivity contribution < 1.29 is 4.79 Å². The molecule has 3 nitrogen and oxygen atoms in total. The molecular formula is C14H11BrCl2N2OS. The third-order valence-corrected chi connectivity index (χ3v) is 4.65. The van der Waals surface area contributed by atoms with E-state index < -0.39 is 0 Å². The Labute approximate surface area is 145 Å². The van der Waals surface area contributed by atoms with Gasteiger partial charge in [-0.15, -0.1) is 11.8 Å². The predicted octanol–water partition coefficient (Wildman–Crippen LogP) is 5.07. The molecule has 21 heavy (non-hydrogen) atoms. The van der Waals surface area contributed by atoms with Gasteiger partial charge in [0.05, 0.1) is 21.5 Å². The number of anilines is 2. The summed E-state index contributed by atoms with van der Waals surface area (Å²) in [4.78, 5) is 13.0. The minimum Gasteiger partial charge on any atom is -0.399 e. The maximum absolute atomic E-state index is 12.0. The number of nitrogen functional groups attached to an aromatic ring is 1. The van der Waals surface area contributed by atoms with Crippen molar-refractivity contribution >= 4 is 68.2 Å². The zero-order valence-corrected chi connectivity index (χ0v) is 14.6. The monoisotopic (exact) mass is 404 g/mol. The van der Waals surface area contributed by atoms with Crippen LogP contribution in [0.15, 0.2) is 45.8 Å². The van der Waals surface area contributed by atoms with E-state index in [1.165, 1.54) is 11.8 Å². The molecule has 2 rings (SSSR count). The summed E-state index contributed by atoms with van der Waals surface area (Å²) in [5.41, 5.74) is 6.45. The number of nitrogens with two attached hydrogens (primary N) is 1. The van der Waals surface area contributed by atoms with Gasteiger partial charge < -0.3 is 11.1 Å². The van der Waals surface area contributed by atoms with E-state index in [1.807, 2.05) is 24.3 Å². The van der Waals surface area contributed by atoms with Gasteiger partial charge in [-0.05, 0) is 36.4 Å². The first-order chi connectivity index (χ1) is 9.95. The molecule has 0 heterocycles. The molecule has 3 N–H and O–H groups in total. The topological polar surface area (TPSA) is 55.1 Å². The van der Waals surface area contributed by atoms with Crippen molar-refractivity contribution in [3.63, 3.8) is 0 Å². The van der Waals surface area contributed by atoms with Crippen molar-refractivity contribution in [2.45, 2.75) is 4.90 Å². The van der Waals surface area contributed by atoms with Crippen molar-refractivity contribution in [3.05, 3.63) is 50.9 Å². The highest BCUT2D eigenvalue weighted by atomic mass is 79.9. The SMILES string of the molecule is Nc1cc(Cl)c(NC(=O)CSc2ccc(Br)cc2)c(Cl)c1. The van der Waals surface area contributed by atoms with Crippen LogP contribution in [0.25, 0.3) is 0 Å². The van der Waals surface area contributed by atoms with E-state index >= 15 is 0 Å². The van der Waals surface area contributed by atoms with Gasteiger partial charge in [-0.25, -0.2) is 0 Å². The summed E-state index contributed by atoms with van der Waals surface area (Å²) >= 11 is 16.8. The second kappa shape index (κ2) is 7.40. The summed E-state index contributed by atoms with van der Waals surface area (Å²) in [6.07, 6.45) is 0. The Morgan fingerprint density at radius 2 is 1.76 bits per heavy atom. The average molecular weight is 406 g/mol. The van der Waals surface area contributed by atoms with Gasteiger partial charge in [0.15, 0.2) is 0 Å². The summed E-state index contributed by atoms with van der Waals surface area (Å²) in [7, 11) is 0. The van der Waals surface area contributed by atoms with Gasteiger partial charge in [-0.1, -0.05) is 39.1 Å². The van der Waals surface area contributed by atoms with Crippen LogP contribution in [-0.2, 0) is 4.79 Å². The Morgan fingerprint density at radius 1 is 1.19 bits per heavy atom. The lowest BCUT2D eigenvalue weighted by molar-refractivity contribution is -0.113. The molecule has 0 saturated heterocycles. The highest BCUT2D eigenvalue weighted by Gasteiger charge is 2.11. The zero-order chi connectivity index (χ0) is 15.4. The van der Waals surface area contributed by atoms with Crippen LogP contribution in [0.2, 0.25) is 10.0 Å². The van der Waals surface area contributed by atoms with E-state index in [9.17, 15) is 4.79 Å². The molecule has 0 fully saturated rings. The van der Waals surface area contributed by atoms with Gasteiger partial charge in [-0.3, -0.25) is 4.79 Å². The Bertz CT molecular complexity index is 642. The lowest BCUT2D eigenvalue weighted by Gasteiger charge is -2.10. The molecule has 1 amide bonds. The minimum absolute atomic E-state index is 0.184. The number of carbonyl (C=O) groups is 1. The molecular weight excluding hydrogens is 395 g/mol. The van der Waals surface area contributed by atoms with Crippen LogP contribution >= 0.6 is 50.9 Å². The van der Waals surface area contributed by atoms with Crippen LogP contribution in [0, 0.1) is 0 Å². The number of benzene rings is 2. The molecule has 0 spiro atoms. The van der Waals surface area contributed by atoms with Gasteiger partial charge in [-0.2, -0.15) is 0 Å². The first-order valence-corrected chi connectivity index (χ1v) is 8.42. The van der Waals surface area contributed by atoms with Crippen LogP contribution in [0.1, 0.15) is 0 Å². The van der Waals surface area contributed by atoms with Crippen LogP contribution in [0.5, 0.6) is 0 Å². The highest BCUT2D eigenvalue weighted by molar-refractivity contribution is 9.10. The third kappa shape index (κ3) is 4.81. The predicted molar refractivity (Wildman–Crippen MR) is 94.4 cm³/mol. The Balaban J connectivity index is 1.97. The lowest BCUT2D eigenvalue weighted by Crippen LogP contribution is -2.14. The van der Waals surface area contributed by atoms with E-state index in [1.54, 1.807) is 12.1 Å². The third-order valence-electron chi connectivity index (χ3n) is 2.51. The molecule has 0 aliphatic rings. The van der Waals surface area contributed by atoms with Crippen molar-refractivity contribution in [1.82, 2.24) is 0 Å². The number of hydrogen-bond donors (Lipinski definition) is 2. The van der Waals surface area contributed by atoms with E-state index in [-0.39, 0.29) is 11.7 Å². The van der Waals surface area contributed by atoms with Crippen LogP contribution in [0.4, 0.5) is 11.4 Å². The second-order valence-electron chi connectivity index (χ2n) is 4.15. The fraction of sp³-hybridized carbons (Fsp3) is 0.0714. The van der Waals surface area contributed by atoms with Gasteiger partial charge >= 0.3 is 0 Å². The number of halogens is 3. The first-order valence-electron chi connectivity index (χ1n) is 5.88. The number of amides is 1. The Kier molecular flexibility index (Phi) is 5.81. The average Bonchev–Trinajstić information content (AvgIpc) is 2.42. The maximum Gasteiger partial charge on any atom is 0.234 e. The molecule has 0 aliphatic heterocycles. The van der Waals surface area contributed by atoms with Crippen molar-refractivity contribution in [1.29, 1.82) is 0 Å². The Morgan fingerprint density at radius 3 is 2.33 bits per heavy atom. The van der Waals surface area contributed by atoms with E-state index in [0.717, 1.165) is 9.37 Å². The van der Waals surface area contributed by atoms with Crippen LogP contribution < -0.4 is 11.1 Å². The first kappa shape index (κ1) is 16.5. The van der Waals surface area contributed by atoms with E-state index in [2.05, 4.69) is 21.2 Å². The summed E-state index contributed by atoms with van der Waals surface area (Å²) < 4.78 is 0.997.